The fraction of sp³-hybridized carbons (Fsp3) is 0. The summed E-state index contributed by atoms with van der Waals surface area (Å²) in [7, 11) is 0. The van der Waals surface area contributed by atoms with Gasteiger partial charge >= 0.3 is 0 Å². The van der Waals surface area contributed by atoms with Crippen molar-refractivity contribution in [3.63, 3.8) is 0 Å². The molecule has 0 aliphatic heterocycles. The van der Waals surface area contributed by atoms with E-state index in [2.05, 4.69) is 72.8 Å². The second-order valence-electron chi connectivity index (χ2n) is 13.0. The lowest BCUT2D eigenvalue weighted by molar-refractivity contribution is 0.674. The fourth-order valence-corrected chi connectivity index (χ4v) is 7.46. The molecule has 0 aliphatic carbocycles. The summed E-state index contributed by atoms with van der Waals surface area (Å²) in [5, 5.41) is 6.44. The minimum atomic E-state index is -0.133. The number of benzene rings is 9. The highest BCUT2D eigenvalue weighted by Crippen LogP contribution is 2.45. The van der Waals surface area contributed by atoms with Crippen molar-refractivity contribution >= 4 is 60.5 Å². The molecular formula is C50H33NO. The molecule has 0 radical (unpaired) electrons. The summed E-state index contributed by atoms with van der Waals surface area (Å²) in [6, 6.07) is 58.0. The van der Waals surface area contributed by atoms with Crippen LogP contribution in [0.15, 0.2) is 205 Å². The average molecular weight is 668 g/mol. The van der Waals surface area contributed by atoms with E-state index >= 15 is 0 Å². The standard InChI is InChI=1S/C50H33NO/c1-2-12-34(13-3-1)35-24-29-39(30-25-35)51(40-31-26-38(27-32-40)42-20-10-16-36-14-4-6-17-41(36)42)48-23-9-8-19-44(48)45-21-11-22-46-47-33-28-37-15-5-7-18-43(37)49(47)52-50(45)46/h1-33H/i24D,25D,29D,30D. The van der Waals surface area contributed by atoms with Crippen molar-refractivity contribution in [2.24, 2.45) is 0 Å². The number of anilines is 3. The van der Waals surface area contributed by atoms with Gasteiger partial charge in [0.25, 0.3) is 0 Å². The smallest absolute Gasteiger partial charge is 0.143 e. The molecule has 0 spiro atoms. The average Bonchev–Trinajstić information content (AvgIpc) is 3.65. The molecule has 1 aromatic heterocycles. The molecule has 0 atom stereocenters. The second-order valence-corrected chi connectivity index (χ2v) is 13.0. The van der Waals surface area contributed by atoms with Crippen LogP contribution in [0.5, 0.6) is 0 Å². The third kappa shape index (κ3) is 5.04. The SMILES string of the molecule is [2H]c1c([2H])c(N(c2ccc(-c3cccc4ccccc34)cc2)c2ccccc2-c2cccc3c2oc2c4ccccc4ccc32)c([2H])c([2H])c1-c1ccccc1. The fourth-order valence-electron chi connectivity index (χ4n) is 7.46. The van der Waals surface area contributed by atoms with E-state index in [1.165, 1.54) is 0 Å². The van der Waals surface area contributed by atoms with E-state index < -0.39 is 0 Å². The van der Waals surface area contributed by atoms with Gasteiger partial charge in [-0.3, -0.25) is 0 Å². The number of para-hydroxylation sites is 2. The molecule has 0 saturated heterocycles. The molecule has 0 amide bonds. The quantitative estimate of drug-likeness (QED) is 0.175. The Morgan fingerprint density at radius 1 is 0.346 bits per heavy atom. The normalized spacial score (nSPS) is 12.5. The van der Waals surface area contributed by atoms with E-state index in [1.807, 2.05) is 108 Å². The summed E-state index contributed by atoms with van der Waals surface area (Å²) in [4.78, 5) is 1.87. The summed E-state index contributed by atoms with van der Waals surface area (Å²) in [6.07, 6.45) is 0. The Morgan fingerprint density at radius 3 is 1.77 bits per heavy atom. The van der Waals surface area contributed by atoms with E-state index in [-0.39, 0.29) is 35.4 Å². The van der Waals surface area contributed by atoms with Crippen LogP contribution in [0.3, 0.4) is 0 Å². The maximum absolute atomic E-state index is 9.52. The van der Waals surface area contributed by atoms with Crippen molar-refractivity contribution in [3.8, 4) is 33.4 Å². The Balaban J connectivity index is 1.22. The first-order chi connectivity index (χ1) is 27.5. The summed E-state index contributed by atoms with van der Waals surface area (Å²) in [5.74, 6) is 0. The molecule has 52 heavy (non-hydrogen) atoms. The van der Waals surface area contributed by atoms with Crippen LogP contribution in [-0.4, -0.2) is 0 Å². The van der Waals surface area contributed by atoms with Crippen LogP contribution in [0, 0.1) is 0 Å². The highest BCUT2D eigenvalue weighted by Gasteiger charge is 2.21. The highest BCUT2D eigenvalue weighted by atomic mass is 16.3. The van der Waals surface area contributed by atoms with Crippen LogP contribution in [0.4, 0.5) is 17.1 Å². The monoisotopic (exact) mass is 667 g/mol. The molecule has 10 aromatic rings. The minimum Gasteiger partial charge on any atom is -0.455 e. The van der Waals surface area contributed by atoms with E-state index in [4.69, 9.17) is 4.42 Å². The zero-order valence-electron chi connectivity index (χ0n) is 32.1. The van der Waals surface area contributed by atoms with Gasteiger partial charge in [-0.1, -0.05) is 164 Å². The van der Waals surface area contributed by atoms with E-state index in [1.54, 1.807) is 0 Å². The zero-order valence-corrected chi connectivity index (χ0v) is 28.1. The van der Waals surface area contributed by atoms with Crippen LogP contribution in [0.1, 0.15) is 5.48 Å². The van der Waals surface area contributed by atoms with Gasteiger partial charge in [0.15, 0.2) is 0 Å². The zero-order chi connectivity index (χ0) is 37.9. The molecule has 10 rings (SSSR count). The van der Waals surface area contributed by atoms with Crippen LogP contribution in [0.25, 0.3) is 76.9 Å². The predicted molar refractivity (Wildman–Crippen MR) is 220 cm³/mol. The summed E-state index contributed by atoms with van der Waals surface area (Å²) in [5.41, 5.74) is 7.79. The largest absolute Gasteiger partial charge is 0.455 e. The Labute approximate surface area is 308 Å². The van der Waals surface area contributed by atoms with Gasteiger partial charge in [0, 0.05) is 38.7 Å². The van der Waals surface area contributed by atoms with Gasteiger partial charge in [-0.2, -0.15) is 0 Å². The van der Waals surface area contributed by atoms with Crippen LogP contribution in [-0.2, 0) is 0 Å². The Morgan fingerprint density at radius 2 is 0.942 bits per heavy atom. The predicted octanol–water partition coefficient (Wildman–Crippen LogP) is 14.4. The molecule has 0 N–H and O–H groups in total. The number of hydrogen-bond acceptors (Lipinski definition) is 2. The molecule has 0 bridgehead atoms. The molecule has 1 heterocycles. The van der Waals surface area contributed by atoms with Crippen molar-refractivity contribution < 1.29 is 9.90 Å². The molecule has 2 heteroatoms. The third-order valence-corrected chi connectivity index (χ3v) is 9.95. The molecule has 0 aliphatic rings. The van der Waals surface area contributed by atoms with Gasteiger partial charge < -0.3 is 9.32 Å². The van der Waals surface area contributed by atoms with E-state index in [9.17, 15) is 5.48 Å². The first kappa shape index (κ1) is 26.0. The number of fused-ring (bicyclic) bond motifs is 6. The summed E-state index contributed by atoms with van der Waals surface area (Å²) in [6.45, 7) is 0. The first-order valence-corrected chi connectivity index (χ1v) is 17.4. The van der Waals surface area contributed by atoms with Crippen molar-refractivity contribution in [1.82, 2.24) is 0 Å². The highest BCUT2D eigenvalue weighted by molar-refractivity contribution is 6.17. The van der Waals surface area contributed by atoms with E-state index in [0.717, 1.165) is 65.7 Å². The van der Waals surface area contributed by atoms with Gasteiger partial charge in [0.1, 0.15) is 11.2 Å². The van der Waals surface area contributed by atoms with Crippen molar-refractivity contribution in [3.05, 3.63) is 200 Å². The van der Waals surface area contributed by atoms with Crippen LogP contribution >= 0.6 is 0 Å². The van der Waals surface area contributed by atoms with E-state index in [0.29, 0.717) is 16.9 Å². The molecule has 9 aromatic carbocycles. The number of hydrogen-bond donors (Lipinski definition) is 0. The van der Waals surface area contributed by atoms with Gasteiger partial charge in [-0.05, 0) is 74.8 Å². The van der Waals surface area contributed by atoms with Gasteiger partial charge in [-0.15, -0.1) is 0 Å². The molecule has 0 saturated carbocycles. The molecular weight excluding hydrogens is 631 g/mol. The number of furan rings is 1. The molecule has 0 unspecified atom stereocenters. The third-order valence-electron chi connectivity index (χ3n) is 9.95. The molecule has 0 fully saturated rings. The molecule has 244 valence electrons. The molecule has 2 nitrogen and oxygen atoms in total. The lowest BCUT2D eigenvalue weighted by Gasteiger charge is -2.28. The lowest BCUT2D eigenvalue weighted by atomic mass is 9.97. The van der Waals surface area contributed by atoms with Crippen LogP contribution < -0.4 is 4.90 Å². The Kier molecular flexibility index (Phi) is 6.22. The van der Waals surface area contributed by atoms with Crippen molar-refractivity contribution in [2.45, 2.75) is 0 Å². The van der Waals surface area contributed by atoms with Crippen molar-refractivity contribution in [1.29, 1.82) is 0 Å². The summed E-state index contributed by atoms with van der Waals surface area (Å²) < 4.78 is 44.4. The minimum absolute atomic E-state index is 0.103. The maximum Gasteiger partial charge on any atom is 0.143 e. The first-order valence-electron chi connectivity index (χ1n) is 19.4. The Bertz CT molecular complexity index is 3100. The topological polar surface area (TPSA) is 16.4 Å². The summed E-state index contributed by atoms with van der Waals surface area (Å²) >= 11 is 0. The number of rotatable bonds is 6. The lowest BCUT2D eigenvalue weighted by Crippen LogP contribution is -2.11. The van der Waals surface area contributed by atoms with Crippen molar-refractivity contribution in [2.75, 3.05) is 4.90 Å². The Hall–Kier alpha value is -6.90. The second kappa shape index (κ2) is 12.5. The maximum atomic E-state index is 9.52. The van der Waals surface area contributed by atoms with Gasteiger partial charge in [0.2, 0.25) is 0 Å². The van der Waals surface area contributed by atoms with Gasteiger partial charge in [0.05, 0.1) is 11.2 Å². The van der Waals surface area contributed by atoms with Gasteiger partial charge in [-0.25, -0.2) is 0 Å². The van der Waals surface area contributed by atoms with Crippen LogP contribution in [0.2, 0.25) is 0 Å². The number of nitrogens with zero attached hydrogens (tertiary/aromatic N) is 1.